The number of nitrogens with zero attached hydrogens (tertiary/aromatic N) is 3. The van der Waals surface area contributed by atoms with Gasteiger partial charge in [-0.3, -0.25) is 9.10 Å². The number of amides is 1. The summed E-state index contributed by atoms with van der Waals surface area (Å²) in [5.74, 6) is -0.400. The number of benzene rings is 3. The number of carbonyl (C=O) groups excluding carboxylic acids is 1. The van der Waals surface area contributed by atoms with Crippen LogP contribution in [0.15, 0.2) is 90.0 Å². The Bertz CT molecular complexity index is 1530. The third-order valence-corrected chi connectivity index (χ3v) is 7.30. The Morgan fingerprint density at radius 1 is 1.00 bits per heavy atom. The molecule has 190 valence electrons. The largest absolute Gasteiger partial charge is 0.318 e. The maximum Gasteiger partial charge on any atom is 0.271 e. The number of rotatable bonds is 8. The summed E-state index contributed by atoms with van der Waals surface area (Å²) < 4.78 is 28.3. The van der Waals surface area contributed by atoms with Gasteiger partial charge in [0.15, 0.2) is 0 Å². The van der Waals surface area contributed by atoms with E-state index in [1.807, 2.05) is 50.2 Å². The number of sulfonamides is 1. The van der Waals surface area contributed by atoms with Crippen molar-refractivity contribution < 1.29 is 13.2 Å². The van der Waals surface area contributed by atoms with Crippen molar-refractivity contribution in [1.82, 2.24) is 9.99 Å². The SMILES string of the molecule is Cc1cc(/C=N/NC(=O)c2ccc(N(Cc3ccc(Cl)cc3)S(C)(=O)=O)cc2)c(C)n1-c1ccccc1. The number of hydrazone groups is 1. The number of nitrogens with one attached hydrogen (secondary N) is 1. The molecule has 1 aromatic heterocycles. The molecule has 1 amide bonds. The Morgan fingerprint density at radius 2 is 1.65 bits per heavy atom. The van der Waals surface area contributed by atoms with Gasteiger partial charge in [0, 0.05) is 33.2 Å². The molecule has 0 aliphatic carbocycles. The highest BCUT2D eigenvalue weighted by molar-refractivity contribution is 7.92. The molecule has 9 heteroatoms. The van der Waals surface area contributed by atoms with E-state index < -0.39 is 15.9 Å². The summed E-state index contributed by atoms with van der Waals surface area (Å²) in [7, 11) is -3.56. The first-order valence-corrected chi connectivity index (χ1v) is 13.8. The molecule has 0 spiro atoms. The summed E-state index contributed by atoms with van der Waals surface area (Å²) in [5.41, 5.74) is 8.15. The molecule has 0 aliphatic rings. The zero-order chi connectivity index (χ0) is 26.6. The zero-order valence-corrected chi connectivity index (χ0v) is 22.3. The number of halogens is 1. The highest BCUT2D eigenvalue weighted by atomic mass is 35.5. The van der Waals surface area contributed by atoms with Gasteiger partial charge in [-0.1, -0.05) is 41.9 Å². The number of aryl methyl sites for hydroxylation is 1. The van der Waals surface area contributed by atoms with Crippen LogP contribution in [0.2, 0.25) is 5.02 Å². The third kappa shape index (κ3) is 6.28. The van der Waals surface area contributed by atoms with Crippen LogP contribution < -0.4 is 9.73 Å². The molecule has 0 bridgehead atoms. The molecule has 0 fully saturated rings. The Labute approximate surface area is 222 Å². The van der Waals surface area contributed by atoms with E-state index in [0.29, 0.717) is 16.3 Å². The normalized spacial score (nSPS) is 11.6. The second-order valence-corrected chi connectivity index (χ2v) is 11.0. The standard InChI is InChI=1S/C28H27ClN4O3S/c1-20-17-24(21(2)33(20)27-7-5-4-6-8-27)18-30-31-28(34)23-11-15-26(16-12-23)32(37(3,35)36)19-22-9-13-25(29)14-10-22/h4-18H,19H2,1-3H3,(H,31,34)/b30-18+. The van der Waals surface area contributed by atoms with Crippen molar-refractivity contribution >= 4 is 39.4 Å². The number of anilines is 1. The van der Waals surface area contributed by atoms with Crippen molar-refractivity contribution in [2.24, 2.45) is 5.10 Å². The lowest BCUT2D eigenvalue weighted by molar-refractivity contribution is 0.0955. The molecule has 7 nitrogen and oxygen atoms in total. The fourth-order valence-corrected chi connectivity index (χ4v) is 5.07. The molecular formula is C28H27ClN4O3S. The predicted molar refractivity (Wildman–Crippen MR) is 149 cm³/mol. The third-order valence-electron chi connectivity index (χ3n) is 5.91. The molecule has 4 rings (SSSR count). The number of aromatic nitrogens is 1. The van der Waals surface area contributed by atoms with E-state index in [1.165, 1.54) is 4.31 Å². The van der Waals surface area contributed by atoms with Gasteiger partial charge in [-0.15, -0.1) is 0 Å². The van der Waals surface area contributed by atoms with Gasteiger partial charge in [0.25, 0.3) is 5.91 Å². The van der Waals surface area contributed by atoms with Crippen LogP contribution in [0.5, 0.6) is 0 Å². The van der Waals surface area contributed by atoms with Gasteiger partial charge in [-0.25, -0.2) is 13.8 Å². The van der Waals surface area contributed by atoms with Crippen LogP contribution in [0.1, 0.15) is 32.9 Å². The van der Waals surface area contributed by atoms with Crippen molar-refractivity contribution in [3.8, 4) is 5.69 Å². The minimum absolute atomic E-state index is 0.146. The Balaban J connectivity index is 1.46. The molecule has 0 saturated heterocycles. The van der Waals surface area contributed by atoms with E-state index in [2.05, 4.69) is 15.1 Å². The number of hydrogen-bond acceptors (Lipinski definition) is 4. The van der Waals surface area contributed by atoms with Crippen LogP contribution in [0.3, 0.4) is 0 Å². The quantitative estimate of drug-likeness (QED) is 0.240. The van der Waals surface area contributed by atoms with Crippen molar-refractivity contribution in [3.05, 3.63) is 118 Å². The van der Waals surface area contributed by atoms with Crippen molar-refractivity contribution in [2.75, 3.05) is 10.6 Å². The Hall–Kier alpha value is -3.88. The molecule has 0 atom stereocenters. The summed E-state index contributed by atoms with van der Waals surface area (Å²) >= 11 is 5.93. The van der Waals surface area contributed by atoms with E-state index in [4.69, 9.17) is 11.6 Å². The first-order valence-electron chi connectivity index (χ1n) is 11.5. The first kappa shape index (κ1) is 26.2. The maximum atomic E-state index is 12.6. The minimum atomic E-state index is -3.56. The first-order chi connectivity index (χ1) is 17.6. The monoisotopic (exact) mass is 534 g/mol. The molecule has 3 aromatic carbocycles. The number of para-hydroxylation sites is 1. The summed E-state index contributed by atoms with van der Waals surface area (Å²) in [6.07, 6.45) is 2.76. The molecule has 1 N–H and O–H groups in total. The second kappa shape index (κ2) is 11.0. The van der Waals surface area contributed by atoms with E-state index in [9.17, 15) is 13.2 Å². The molecule has 4 aromatic rings. The highest BCUT2D eigenvalue weighted by Crippen LogP contribution is 2.22. The molecule has 0 unspecified atom stereocenters. The number of hydrogen-bond donors (Lipinski definition) is 1. The van der Waals surface area contributed by atoms with Crippen LogP contribution in [-0.4, -0.2) is 31.4 Å². The Kier molecular flexibility index (Phi) is 7.80. The second-order valence-electron chi connectivity index (χ2n) is 8.64. The average molecular weight is 535 g/mol. The smallest absolute Gasteiger partial charge is 0.271 e. The van der Waals surface area contributed by atoms with Crippen LogP contribution in [0.25, 0.3) is 5.69 Å². The van der Waals surface area contributed by atoms with Gasteiger partial charge in [-0.2, -0.15) is 5.10 Å². The van der Waals surface area contributed by atoms with Gasteiger partial charge < -0.3 is 4.57 Å². The molecule has 1 heterocycles. The topological polar surface area (TPSA) is 83.8 Å². The van der Waals surface area contributed by atoms with Gasteiger partial charge in [0.2, 0.25) is 10.0 Å². The molecule has 0 radical (unpaired) electrons. The predicted octanol–water partition coefficient (Wildman–Crippen LogP) is 5.48. The van der Waals surface area contributed by atoms with Crippen LogP contribution in [0.4, 0.5) is 5.69 Å². The lowest BCUT2D eigenvalue weighted by atomic mass is 10.2. The van der Waals surface area contributed by atoms with Crippen LogP contribution in [0, 0.1) is 13.8 Å². The van der Waals surface area contributed by atoms with E-state index in [-0.39, 0.29) is 6.54 Å². The van der Waals surface area contributed by atoms with Crippen molar-refractivity contribution in [2.45, 2.75) is 20.4 Å². The zero-order valence-electron chi connectivity index (χ0n) is 20.7. The van der Waals surface area contributed by atoms with Gasteiger partial charge in [0.1, 0.15) is 0 Å². The van der Waals surface area contributed by atoms with Crippen LogP contribution >= 0.6 is 11.6 Å². The van der Waals surface area contributed by atoms with Gasteiger partial charge in [-0.05, 0) is 74.0 Å². The minimum Gasteiger partial charge on any atom is -0.318 e. The van der Waals surface area contributed by atoms with Crippen LogP contribution in [-0.2, 0) is 16.6 Å². The fraction of sp³-hybridized carbons (Fsp3) is 0.143. The van der Waals surface area contributed by atoms with Gasteiger partial charge >= 0.3 is 0 Å². The van der Waals surface area contributed by atoms with Crippen molar-refractivity contribution in [1.29, 1.82) is 0 Å². The van der Waals surface area contributed by atoms with Crippen molar-refractivity contribution in [3.63, 3.8) is 0 Å². The lowest BCUT2D eigenvalue weighted by Crippen LogP contribution is -2.29. The van der Waals surface area contributed by atoms with Gasteiger partial charge in [0.05, 0.1) is 24.7 Å². The molecule has 0 aliphatic heterocycles. The van der Waals surface area contributed by atoms with E-state index >= 15 is 0 Å². The summed E-state index contributed by atoms with van der Waals surface area (Å²) in [4.78, 5) is 12.6. The molecule has 37 heavy (non-hydrogen) atoms. The number of carbonyl (C=O) groups is 1. The maximum absolute atomic E-state index is 12.6. The molecular weight excluding hydrogens is 508 g/mol. The fourth-order valence-electron chi connectivity index (χ4n) is 4.05. The summed E-state index contributed by atoms with van der Waals surface area (Å²) in [6.45, 7) is 4.16. The average Bonchev–Trinajstić information content (AvgIpc) is 3.16. The van der Waals surface area contributed by atoms with E-state index in [1.54, 1.807) is 54.7 Å². The highest BCUT2D eigenvalue weighted by Gasteiger charge is 2.18. The Morgan fingerprint density at radius 3 is 2.27 bits per heavy atom. The molecule has 0 saturated carbocycles. The van der Waals surface area contributed by atoms with E-state index in [0.717, 1.165) is 34.5 Å². The summed E-state index contributed by atoms with van der Waals surface area (Å²) in [5, 5.41) is 4.71. The lowest BCUT2D eigenvalue weighted by Gasteiger charge is -2.22. The summed E-state index contributed by atoms with van der Waals surface area (Å²) in [6, 6.07) is 25.3.